The van der Waals surface area contributed by atoms with Crippen LogP contribution in [0.15, 0.2) is 0 Å². The van der Waals surface area contributed by atoms with Crippen molar-refractivity contribution in [1.29, 1.82) is 0 Å². The highest BCUT2D eigenvalue weighted by molar-refractivity contribution is 5.67. The maximum atomic E-state index is 6.06. The molecular weight excluding hydrogens is 240 g/mol. The van der Waals surface area contributed by atoms with Gasteiger partial charge in [-0.3, -0.25) is 0 Å². The lowest BCUT2D eigenvalue weighted by Gasteiger charge is -2.14. The number of nitrogens with two attached hydrogens (primary N) is 1. The first-order chi connectivity index (χ1) is 9.11. The number of rotatable bonds is 7. The number of anilines is 2. The third-order valence-electron chi connectivity index (χ3n) is 3.17. The molecule has 0 saturated heterocycles. The molecule has 0 amide bonds. The van der Waals surface area contributed by atoms with Gasteiger partial charge in [0.1, 0.15) is 11.5 Å². The monoisotopic (exact) mass is 264 g/mol. The van der Waals surface area contributed by atoms with Crippen LogP contribution in [-0.2, 0) is 0 Å². The van der Waals surface area contributed by atoms with Gasteiger partial charge in [0.2, 0.25) is 5.88 Å². The predicted molar refractivity (Wildman–Crippen MR) is 77.5 cm³/mol. The van der Waals surface area contributed by atoms with Crippen molar-refractivity contribution in [3.05, 3.63) is 5.82 Å². The molecule has 3 N–H and O–H groups in total. The van der Waals surface area contributed by atoms with Crippen LogP contribution in [0.5, 0.6) is 5.88 Å². The number of hydrogen-bond acceptors (Lipinski definition) is 5. The molecule has 19 heavy (non-hydrogen) atoms. The summed E-state index contributed by atoms with van der Waals surface area (Å²) in [6.07, 6.45) is 3.42. The fourth-order valence-electron chi connectivity index (χ4n) is 1.85. The summed E-state index contributed by atoms with van der Waals surface area (Å²) >= 11 is 0. The van der Waals surface area contributed by atoms with Crippen LogP contribution in [0.2, 0.25) is 0 Å². The highest BCUT2D eigenvalue weighted by atomic mass is 16.5. The molecule has 106 valence electrons. The number of ether oxygens (including phenoxy) is 1. The summed E-state index contributed by atoms with van der Waals surface area (Å²) in [5.41, 5.74) is 6.59. The van der Waals surface area contributed by atoms with E-state index < -0.39 is 0 Å². The summed E-state index contributed by atoms with van der Waals surface area (Å²) in [4.78, 5) is 8.98. The molecular formula is C14H24N4O. The number of aromatic nitrogens is 2. The van der Waals surface area contributed by atoms with E-state index in [4.69, 9.17) is 10.5 Å². The average Bonchev–Trinajstić information content (AvgIpc) is 3.17. The summed E-state index contributed by atoms with van der Waals surface area (Å²) in [6.45, 7) is 7.77. The Labute approximate surface area is 115 Å². The molecule has 1 aromatic heterocycles. The molecule has 0 atom stereocenters. The van der Waals surface area contributed by atoms with E-state index in [2.05, 4.69) is 29.1 Å². The van der Waals surface area contributed by atoms with Gasteiger partial charge in [-0.2, -0.15) is 4.98 Å². The maximum Gasteiger partial charge on any atom is 0.242 e. The third-order valence-corrected chi connectivity index (χ3v) is 3.17. The van der Waals surface area contributed by atoms with Crippen molar-refractivity contribution in [2.75, 3.05) is 24.2 Å². The minimum atomic E-state index is 0.491. The van der Waals surface area contributed by atoms with Crippen LogP contribution in [0.1, 0.15) is 51.8 Å². The normalized spacial score (nSPS) is 14.7. The zero-order chi connectivity index (χ0) is 13.8. The summed E-state index contributed by atoms with van der Waals surface area (Å²) in [5, 5.41) is 3.31. The van der Waals surface area contributed by atoms with Gasteiger partial charge in [-0.15, -0.1) is 0 Å². The van der Waals surface area contributed by atoms with Gasteiger partial charge in [0.15, 0.2) is 5.82 Å². The molecule has 1 heterocycles. The Morgan fingerprint density at radius 2 is 2.11 bits per heavy atom. The molecule has 2 rings (SSSR count). The molecule has 1 aromatic rings. The van der Waals surface area contributed by atoms with E-state index in [0.717, 1.165) is 24.6 Å². The minimum absolute atomic E-state index is 0.491. The van der Waals surface area contributed by atoms with Crippen molar-refractivity contribution < 1.29 is 4.74 Å². The van der Waals surface area contributed by atoms with E-state index in [9.17, 15) is 0 Å². The van der Waals surface area contributed by atoms with Crippen LogP contribution >= 0.6 is 0 Å². The lowest BCUT2D eigenvalue weighted by Crippen LogP contribution is -2.12. The molecule has 0 radical (unpaired) electrons. The molecule has 0 bridgehead atoms. The minimum Gasteiger partial charge on any atom is -0.476 e. The first kappa shape index (κ1) is 13.9. The fraction of sp³-hybridized carbons (Fsp3) is 0.714. The van der Waals surface area contributed by atoms with Gasteiger partial charge in [-0.05, 0) is 32.1 Å². The highest BCUT2D eigenvalue weighted by Crippen LogP contribution is 2.40. The van der Waals surface area contributed by atoms with Gasteiger partial charge in [-0.25, -0.2) is 4.98 Å². The molecule has 1 aliphatic carbocycles. The Bertz CT molecular complexity index is 430. The molecule has 0 aromatic carbocycles. The first-order valence-corrected chi connectivity index (χ1v) is 7.15. The SMILES string of the molecule is CCOc1nc(C2CC2)nc(NCCC(C)C)c1N. The van der Waals surface area contributed by atoms with Crippen LogP contribution < -0.4 is 15.8 Å². The van der Waals surface area contributed by atoms with E-state index in [1.807, 2.05) is 6.92 Å². The van der Waals surface area contributed by atoms with E-state index in [0.29, 0.717) is 30.0 Å². The fourth-order valence-corrected chi connectivity index (χ4v) is 1.85. The topological polar surface area (TPSA) is 73.1 Å². The number of nitrogens with zero attached hydrogens (tertiary/aromatic N) is 2. The number of hydrogen-bond donors (Lipinski definition) is 2. The molecule has 1 saturated carbocycles. The first-order valence-electron chi connectivity index (χ1n) is 7.15. The van der Waals surface area contributed by atoms with Crippen molar-refractivity contribution in [2.45, 2.75) is 46.0 Å². The Hall–Kier alpha value is -1.52. The molecule has 1 aliphatic rings. The second-order valence-corrected chi connectivity index (χ2v) is 5.47. The molecule has 5 nitrogen and oxygen atoms in total. The zero-order valence-electron chi connectivity index (χ0n) is 12.1. The molecule has 0 spiro atoms. The zero-order valence-corrected chi connectivity index (χ0v) is 12.1. The Kier molecular flexibility index (Phi) is 4.45. The van der Waals surface area contributed by atoms with Gasteiger partial charge >= 0.3 is 0 Å². The lowest BCUT2D eigenvalue weighted by molar-refractivity contribution is 0.327. The summed E-state index contributed by atoms with van der Waals surface area (Å²) in [6, 6.07) is 0. The van der Waals surface area contributed by atoms with Crippen LogP contribution in [0.25, 0.3) is 0 Å². The van der Waals surface area contributed by atoms with Crippen LogP contribution in [-0.4, -0.2) is 23.1 Å². The molecule has 5 heteroatoms. The van der Waals surface area contributed by atoms with Crippen molar-refractivity contribution in [3.63, 3.8) is 0 Å². The van der Waals surface area contributed by atoms with Gasteiger partial charge < -0.3 is 15.8 Å². The van der Waals surface area contributed by atoms with Gasteiger partial charge in [0, 0.05) is 12.5 Å². The average molecular weight is 264 g/mol. The third kappa shape index (κ3) is 3.72. The Morgan fingerprint density at radius 1 is 1.37 bits per heavy atom. The molecule has 0 unspecified atom stereocenters. The summed E-state index contributed by atoms with van der Waals surface area (Å²) in [5.74, 6) is 3.26. The second kappa shape index (κ2) is 6.08. The molecule has 1 fully saturated rings. The van der Waals surface area contributed by atoms with Crippen LogP contribution in [0.4, 0.5) is 11.5 Å². The highest BCUT2D eigenvalue weighted by Gasteiger charge is 2.28. The standard InChI is InChI=1S/C14H24N4O/c1-4-19-14-11(15)13(16-8-7-9(2)3)17-12(18-14)10-5-6-10/h9-10H,4-8,15H2,1-3H3,(H,16,17,18). The Morgan fingerprint density at radius 3 is 2.68 bits per heavy atom. The maximum absolute atomic E-state index is 6.06. The van der Waals surface area contributed by atoms with Crippen LogP contribution in [0, 0.1) is 5.92 Å². The Balaban J connectivity index is 2.14. The van der Waals surface area contributed by atoms with Crippen LogP contribution in [0.3, 0.4) is 0 Å². The second-order valence-electron chi connectivity index (χ2n) is 5.47. The van der Waals surface area contributed by atoms with Gasteiger partial charge in [0.25, 0.3) is 0 Å². The largest absolute Gasteiger partial charge is 0.476 e. The van der Waals surface area contributed by atoms with Crippen molar-refractivity contribution in [1.82, 2.24) is 9.97 Å². The smallest absolute Gasteiger partial charge is 0.242 e. The number of nitrogen functional groups attached to an aromatic ring is 1. The molecule has 0 aliphatic heterocycles. The van der Waals surface area contributed by atoms with E-state index in [1.165, 1.54) is 12.8 Å². The lowest BCUT2D eigenvalue weighted by atomic mass is 10.1. The van der Waals surface area contributed by atoms with Gasteiger partial charge in [-0.1, -0.05) is 13.8 Å². The summed E-state index contributed by atoms with van der Waals surface area (Å²) in [7, 11) is 0. The summed E-state index contributed by atoms with van der Waals surface area (Å²) < 4.78 is 5.51. The van der Waals surface area contributed by atoms with E-state index >= 15 is 0 Å². The van der Waals surface area contributed by atoms with Crippen molar-refractivity contribution in [3.8, 4) is 5.88 Å². The number of nitrogens with one attached hydrogen (secondary N) is 1. The van der Waals surface area contributed by atoms with Crippen molar-refractivity contribution >= 4 is 11.5 Å². The predicted octanol–water partition coefficient (Wildman–Crippen LogP) is 2.79. The van der Waals surface area contributed by atoms with E-state index in [-0.39, 0.29) is 0 Å². The van der Waals surface area contributed by atoms with Gasteiger partial charge in [0.05, 0.1) is 6.61 Å². The van der Waals surface area contributed by atoms with E-state index in [1.54, 1.807) is 0 Å². The quantitative estimate of drug-likeness (QED) is 0.792. The van der Waals surface area contributed by atoms with Crippen molar-refractivity contribution in [2.24, 2.45) is 5.92 Å².